The number of carbonyl (C=O) groups excluding carboxylic acids is 3. The van der Waals surface area contributed by atoms with Crippen molar-refractivity contribution in [2.24, 2.45) is 0 Å². The van der Waals surface area contributed by atoms with Crippen LogP contribution in [0.5, 0.6) is 0 Å². The zero-order valence-electron chi connectivity index (χ0n) is 16.8. The van der Waals surface area contributed by atoms with Gasteiger partial charge in [-0.15, -0.1) is 0 Å². The van der Waals surface area contributed by atoms with Gasteiger partial charge in [-0.1, -0.05) is 6.42 Å². The van der Waals surface area contributed by atoms with Gasteiger partial charge >= 0.3 is 0 Å². The fourth-order valence-corrected chi connectivity index (χ4v) is 3.25. The minimum absolute atomic E-state index is 0.00493. The van der Waals surface area contributed by atoms with Crippen molar-refractivity contribution in [3.05, 3.63) is 0 Å². The lowest BCUT2D eigenvalue weighted by Gasteiger charge is -2.25. The summed E-state index contributed by atoms with van der Waals surface area (Å²) in [5, 5.41) is 2.77. The molecule has 0 atom stereocenters. The molecule has 0 radical (unpaired) electrons. The normalized spacial score (nSPS) is 15.4. The first-order chi connectivity index (χ1) is 12.5. The summed E-state index contributed by atoms with van der Waals surface area (Å²) in [5.74, 6) is 0.380. The minimum Gasteiger partial charge on any atom is -0.356 e. The number of carbonyl (C=O) groups is 3. The quantitative estimate of drug-likeness (QED) is 0.586. The molecule has 0 aromatic heterocycles. The van der Waals surface area contributed by atoms with E-state index in [1.807, 2.05) is 23.6 Å². The lowest BCUT2D eigenvalue weighted by Crippen LogP contribution is -2.42. The van der Waals surface area contributed by atoms with E-state index >= 15 is 0 Å². The second kappa shape index (κ2) is 12.7. The molecule has 1 aliphatic heterocycles. The maximum absolute atomic E-state index is 12.4. The molecule has 0 spiro atoms. The van der Waals surface area contributed by atoms with Crippen LogP contribution in [0, 0.1) is 0 Å². The average molecular weight is 369 g/mol. The second-order valence-electron chi connectivity index (χ2n) is 6.87. The molecular weight excluding hydrogens is 332 g/mol. The highest BCUT2D eigenvalue weighted by Crippen LogP contribution is 2.08. The Balaban J connectivity index is 2.26. The Kier molecular flexibility index (Phi) is 10.9. The van der Waals surface area contributed by atoms with Gasteiger partial charge in [0.15, 0.2) is 0 Å². The summed E-state index contributed by atoms with van der Waals surface area (Å²) in [6.07, 6.45) is 4.20. The van der Waals surface area contributed by atoms with Gasteiger partial charge in [-0.2, -0.15) is 0 Å². The molecule has 7 heteroatoms. The lowest BCUT2D eigenvalue weighted by molar-refractivity contribution is -0.132. The molecule has 1 rings (SSSR count). The first-order valence-electron chi connectivity index (χ1n) is 10.00. The minimum atomic E-state index is -0.00493. The topological polar surface area (TPSA) is 73.0 Å². The molecule has 1 heterocycles. The Bertz CT molecular complexity index is 452. The molecule has 3 amide bonds. The predicted octanol–water partition coefficient (Wildman–Crippen LogP) is 1.09. The van der Waals surface area contributed by atoms with E-state index in [9.17, 15) is 14.4 Å². The summed E-state index contributed by atoms with van der Waals surface area (Å²) in [5.41, 5.74) is 0. The molecule has 0 unspecified atom stereocenters. The van der Waals surface area contributed by atoms with Crippen molar-refractivity contribution in [1.29, 1.82) is 0 Å². The van der Waals surface area contributed by atoms with Gasteiger partial charge in [-0.25, -0.2) is 0 Å². The first-order valence-corrected chi connectivity index (χ1v) is 10.00. The Morgan fingerprint density at radius 1 is 0.962 bits per heavy atom. The van der Waals surface area contributed by atoms with Gasteiger partial charge in [0.2, 0.25) is 17.7 Å². The summed E-state index contributed by atoms with van der Waals surface area (Å²) in [6.45, 7) is 11.3. The molecule has 7 nitrogen and oxygen atoms in total. The fraction of sp³-hybridized carbons (Fsp3) is 0.842. The van der Waals surface area contributed by atoms with Gasteiger partial charge in [0.1, 0.15) is 0 Å². The number of unbranched alkanes of at least 4 members (excludes halogenated alkanes) is 2. The predicted molar refractivity (Wildman–Crippen MR) is 103 cm³/mol. The molecule has 1 aliphatic rings. The van der Waals surface area contributed by atoms with Crippen LogP contribution in [0.2, 0.25) is 0 Å². The number of likely N-dealkylation sites (N-methyl/N-ethyl adjacent to an activating group) is 1. The number of nitrogens with one attached hydrogen (secondary N) is 1. The number of hydrogen-bond donors (Lipinski definition) is 1. The maximum Gasteiger partial charge on any atom is 0.236 e. The van der Waals surface area contributed by atoms with Gasteiger partial charge in [0, 0.05) is 59.2 Å². The zero-order chi connectivity index (χ0) is 19.4. The molecule has 0 saturated carbocycles. The van der Waals surface area contributed by atoms with E-state index in [2.05, 4.69) is 10.2 Å². The number of amides is 3. The van der Waals surface area contributed by atoms with Crippen molar-refractivity contribution < 1.29 is 14.4 Å². The second-order valence-corrected chi connectivity index (χ2v) is 6.87. The van der Waals surface area contributed by atoms with E-state index in [0.717, 1.165) is 58.4 Å². The third-order valence-electron chi connectivity index (χ3n) is 4.86. The highest BCUT2D eigenvalue weighted by molar-refractivity contribution is 5.78. The van der Waals surface area contributed by atoms with Gasteiger partial charge in [0.05, 0.1) is 6.54 Å². The van der Waals surface area contributed by atoms with Crippen LogP contribution in [-0.2, 0) is 14.4 Å². The van der Waals surface area contributed by atoms with E-state index < -0.39 is 0 Å². The zero-order valence-corrected chi connectivity index (χ0v) is 16.8. The molecular formula is C19H36N4O3. The van der Waals surface area contributed by atoms with Crippen LogP contribution in [0.15, 0.2) is 0 Å². The third-order valence-corrected chi connectivity index (χ3v) is 4.86. The largest absolute Gasteiger partial charge is 0.356 e. The number of rotatable bonds is 10. The van der Waals surface area contributed by atoms with Crippen molar-refractivity contribution >= 4 is 17.7 Å². The molecule has 150 valence electrons. The van der Waals surface area contributed by atoms with E-state index in [0.29, 0.717) is 26.1 Å². The number of nitrogens with zero attached hydrogens (tertiary/aromatic N) is 3. The molecule has 0 aromatic rings. The van der Waals surface area contributed by atoms with Gasteiger partial charge in [-0.3, -0.25) is 19.3 Å². The SMILES string of the molecule is CCN(CC)C(=O)CN1CCCN(C(=O)CCCCCNC(C)=O)CC1. The van der Waals surface area contributed by atoms with Gasteiger partial charge in [-0.05, 0) is 33.1 Å². The summed E-state index contributed by atoms with van der Waals surface area (Å²) in [4.78, 5) is 41.4. The Hall–Kier alpha value is -1.63. The maximum atomic E-state index is 12.4. The van der Waals surface area contributed by atoms with Crippen molar-refractivity contribution in [2.75, 3.05) is 52.4 Å². The van der Waals surface area contributed by atoms with Crippen LogP contribution < -0.4 is 5.32 Å². The average Bonchev–Trinajstić information content (AvgIpc) is 2.84. The smallest absolute Gasteiger partial charge is 0.236 e. The molecule has 1 saturated heterocycles. The summed E-state index contributed by atoms with van der Waals surface area (Å²) in [6, 6.07) is 0. The monoisotopic (exact) mass is 368 g/mol. The van der Waals surface area contributed by atoms with Crippen molar-refractivity contribution in [3.63, 3.8) is 0 Å². The van der Waals surface area contributed by atoms with Crippen molar-refractivity contribution in [3.8, 4) is 0 Å². The molecule has 0 aliphatic carbocycles. The van der Waals surface area contributed by atoms with E-state index in [1.54, 1.807) is 0 Å². The summed E-state index contributed by atoms with van der Waals surface area (Å²) in [7, 11) is 0. The van der Waals surface area contributed by atoms with Crippen LogP contribution in [0.4, 0.5) is 0 Å². The number of hydrogen-bond acceptors (Lipinski definition) is 4. The lowest BCUT2D eigenvalue weighted by atomic mass is 10.1. The highest BCUT2D eigenvalue weighted by atomic mass is 16.2. The highest BCUT2D eigenvalue weighted by Gasteiger charge is 2.21. The Morgan fingerprint density at radius 2 is 1.69 bits per heavy atom. The molecule has 0 aromatic carbocycles. The van der Waals surface area contributed by atoms with E-state index in [1.165, 1.54) is 6.92 Å². The fourth-order valence-electron chi connectivity index (χ4n) is 3.25. The van der Waals surface area contributed by atoms with Crippen LogP contribution in [0.3, 0.4) is 0 Å². The van der Waals surface area contributed by atoms with Crippen LogP contribution in [0.25, 0.3) is 0 Å². The van der Waals surface area contributed by atoms with E-state index in [-0.39, 0.29) is 17.7 Å². The van der Waals surface area contributed by atoms with Crippen LogP contribution in [0.1, 0.15) is 52.9 Å². The molecule has 26 heavy (non-hydrogen) atoms. The Labute approximate surface area is 158 Å². The molecule has 1 N–H and O–H groups in total. The van der Waals surface area contributed by atoms with Crippen LogP contribution in [-0.4, -0.2) is 84.8 Å². The first kappa shape index (κ1) is 22.4. The standard InChI is InChI=1S/C19H36N4O3/c1-4-22(5-2)19(26)16-21-12-9-13-23(15-14-21)18(25)10-7-6-8-11-20-17(3)24/h4-16H2,1-3H3,(H,20,24). The van der Waals surface area contributed by atoms with Crippen molar-refractivity contribution in [2.45, 2.75) is 52.9 Å². The van der Waals surface area contributed by atoms with Gasteiger partial charge in [0.25, 0.3) is 0 Å². The summed E-state index contributed by atoms with van der Waals surface area (Å²) >= 11 is 0. The molecule has 0 bridgehead atoms. The molecule has 1 fully saturated rings. The van der Waals surface area contributed by atoms with E-state index in [4.69, 9.17) is 0 Å². The summed E-state index contributed by atoms with van der Waals surface area (Å²) < 4.78 is 0. The van der Waals surface area contributed by atoms with Gasteiger partial charge < -0.3 is 15.1 Å². The Morgan fingerprint density at radius 3 is 2.35 bits per heavy atom. The third kappa shape index (κ3) is 8.65. The van der Waals surface area contributed by atoms with Crippen LogP contribution >= 0.6 is 0 Å². The van der Waals surface area contributed by atoms with Crippen molar-refractivity contribution in [1.82, 2.24) is 20.0 Å².